The van der Waals surface area contributed by atoms with Crippen LogP contribution in [0.25, 0.3) is 0 Å². The molecule has 0 aliphatic carbocycles. The third-order valence-corrected chi connectivity index (χ3v) is 4.28. The highest BCUT2D eigenvalue weighted by Crippen LogP contribution is 2.13. The van der Waals surface area contributed by atoms with Crippen molar-refractivity contribution in [1.29, 1.82) is 0 Å². The van der Waals surface area contributed by atoms with Gasteiger partial charge in [-0.25, -0.2) is 4.79 Å². The van der Waals surface area contributed by atoms with Gasteiger partial charge in [0.1, 0.15) is 0 Å². The fourth-order valence-corrected chi connectivity index (χ4v) is 2.84. The summed E-state index contributed by atoms with van der Waals surface area (Å²) >= 11 is 0. The first kappa shape index (κ1) is 19.7. The van der Waals surface area contributed by atoms with Crippen LogP contribution in [-0.2, 0) is 11.2 Å². The highest BCUT2D eigenvalue weighted by molar-refractivity contribution is 5.89. The summed E-state index contributed by atoms with van der Waals surface area (Å²) in [5.74, 6) is -0.224. The predicted molar refractivity (Wildman–Crippen MR) is 97.9 cm³/mol. The standard InChI is InChI=1S/C21H34O2/c1-3-5-6-7-8-9-10-11-12-13-14-19-15-17-20(18-16-19)21(22)23-4-2/h15-18H,3-14H2,1-2H3. The third-order valence-electron chi connectivity index (χ3n) is 4.28. The first-order chi connectivity index (χ1) is 11.3. The maximum Gasteiger partial charge on any atom is 0.338 e. The van der Waals surface area contributed by atoms with Crippen molar-refractivity contribution >= 4 is 5.97 Å². The molecular formula is C21H34O2. The number of esters is 1. The molecule has 0 heterocycles. The minimum Gasteiger partial charge on any atom is -0.462 e. The van der Waals surface area contributed by atoms with Crippen molar-refractivity contribution in [3.8, 4) is 0 Å². The fraction of sp³-hybridized carbons (Fsp3) is 0.667. The average molecular weight is 319 g/mol. The highest BCUT2D eigenvalue weighted by Gasteiger charge is 2.05. The lowest BCUT2D eigenvalue weighted by Crippen LogP contribution is -2.04. The first-order valence-electron chi connectivity index (χ1n) is 9.54. The lowest BCUT2D eigenvalue weighted by Gasteiger charge is -2.05. The van der Waals surface area contributed by atoms with Crippen LogP contribution >= 0.6 is 0 Å². The van der Waals surface area contributed by atoms with Gasteiger partial charge in [-0.05, 0) is 37.5 Å². The summed E-state index contributed by atoms with van der Waals surface area (Å²) in [6.07, 6.45) is 14.8. The maximum atomic E-state index is 11.6. The Morgan fingerprint density at radius 1 is 0.783 bits per heavy atom. The number of unbranched alkanes of at least 4 members (excludes halogenated alkanes) is 9. The molecule has 0 amide bonds. The van der Waals surface area contributed by atoms with E-state index in [4.69, 9.17) is 4.74 Å². The van der Waals surface area contributed by atoms with Crippen LogP contribution in [0, 0.1) is 0 Å². The molecule has 0 spiro atoms. The van der Waals surface area contributed by atoms with Crippen molar-refractivity contribution in [2.24, 2.45) is 0 Å². The van der Waals surface area contributed by atoms with E-state index in [1.54, 1.807) is 0 Å². The number of carbonyl (C=O) groups excluding carboxylic acids is 1. The molecule has 23 heavy (non-hydrogen) atoms. The van der Waals surface area contributed by atoms with E-state index < -0.39 is 0 Å². The zero-order valence-corrected chi connectivity index (χ0v) is 15.1. The van der Waals surface area contributed by atoms with Crippen molar-refractivity contribution in [1.82, 2.24) is 0 Å². The summed E-state index contributed by atoms with van der Waals surface area (Å²) in [7, 11) is 0. The molecule has 1 rings (SSSR count). The lowest BCUT2D eigenvalue weighted by molar-refractivity contribution is 0.0526. The van der Waals surface area contributed by atoms with Gasteiger partial charge in [0, 0.05) is 0 Å². The van der Waals surface area contributed by atoms with Gasteiger partial charge in [0.2, 0.25) is 0 Å². The first-order valence-corrected chi connectivity index (χ1v) is 9.54. The molecule has 0 atom stereocenters. The van der Waals surface area contributed by atoms with Crippen LogP contribution < -0.4 is 0 Å². The average Bonchev–Trinajstić information content (AvgIpc) is 2.57. The number of rotatable bonds is 13. The molecule has 0 saturated heterocycles. The second kappa shape index (κ2) is 13.2. The maximum absolute atomic E-state index is 11.6. The number of carbonyl (C=O) groups is 1. The van der Waals surface area contributed by atoms with Gasteiger partial charge in [-0.3, -0.25) is 0 Å². The molecule has 130 valence electrons. The van der Waals surface area contributed by atoms with E-state index in [-0.39, 0.29) is 5.97 Å². The SMILES string of the molecule is CCCCCCCCCCCCc1ccc(C(=O)OCC)cc1. The lowest BCUT2D eigenvalue weighted by atomic mass is 10.0. The van der Waals surface area contributed by atoms with Gasteiger partial charge < -0.3 is 4.74 Å². The van der Waals surface area contributed by atoms with Crippen molar-refractivity contribution in [3.63, 3.8) is 0 Å². The van der Waals surface area contributed by atoms with Crippen LogP contribution in [0.5, 0.6) is 0 Å². The minimum atomic E-state index is -0.224. The van der Waals surface area contributed by atoms with E-state index in [9.17, 15) is 4.79 Å². The van der Waals surface area contributed by atoms with E-state index >= 15 is 0 Å². The largest absolute Gasteiger partial charge is 0.462 e. The van der Waals surface area contributed by atoms with Gasteiger partial charge in [-0.15, -0.1) is 0 Å². The molecule has 0 N–H and O–H groups in total. The molecule has 1 aromatic rings. The molecule has 2 heteroatoms. The van der Waals surface area contributed by atoms with Gasteiger partial charge in [0.25, 0.3) is 0 Å². The Morgan fingerprint density at radius 2 is 1.30 bits per heavy atom. The molecule has 0 fully saturated rings. The van der Waals surface area contributed by atoms with Gasteiger partial charge in [-0.1, -0.05) is 76.8 Å². The molecular weight excluding hydrogens is 284 g/mol. The summed E-state index contributed by atoms with van der Waals surface area (Å²) in [5, 5.41) is 0. The van der Waals surface area contributed by atoms with Gasteiger partial charge in [0.15, 0.2) is 0 Å². The van der Waals surface area contributed by atoms with Crippen LogP contribution in [0.2, 0.25) is 0 Å². The fourth-order valence-electron chi connectivity index (χ4n) is 2.84. The number of aryl methyl sites for hydroxylation is 1. The Bertz CT molecular complexity index is 408. The Labute approximate surface area is 142 Å². The summed E-state index contributed by atoms with van der Waals surface area (Å²) in [4.78, 5) is 11.6. The second-order valence-corrected chi connectivity index (χ2v) is 6.35. The smallest absolute Gasteiger partial charge is 0.338 e. The van der Waals surface area contributed by atoms with Crippen molar-refractivity contribution in [2.75, 3.05) is 6.61 Å². The van der Waals surface area contributed by atoms with Crippen molar-refractivity contribution in [3.05, 3.63) is 35.4 Å². The van der Waals surface area contributed by atoms with Crippen LogP contribution in [0.15, 0.2) is 24.3 Å². The Balaban J connectivity index is 2.04. The zero-order valence-electron chi connectivity index (χ0n) is 15.1. The van der Waals surface area contributed by atoms with Crippen LogP contribution in [-0.4, -0.2) is 12.6 Å². The molecule has 0 saturated carbocycles. The van der Waals surface area contributed by atoms with Crippen molar-refractivity contribution in [2.45, 2.75) is 84.5 Å². The Kier molecular flexibility index (Phi) is 11.3. The summed E-state index contributed by atoms with van der Waals surface area (Å²) in [6.45, 7) is 4.53. The second-order valence-electron chi connectivity index (χ2n) is 6.35. The molecule has 0 radical (unpaired) electrons. The van der Waals surface area contributed by atoms with Crippen molar-refractivity contribution < 1.29 is 9.53 Å². The molecule has 0 aromatic heterocycles. The molecule has 0 unspecified atom stereocenters. The van der Waals surface area contributed by atoms with E-state index in [1.165, 1.54) is 69.8 Å². The quantitative estimate of drug-likeness (QED) is 0.314. The van der Waals surface area contributed by atoms with Gasteiger partial charge in [0.05, 0.1) is 12.2 Å². The summed E-state index contributed by atoms with van der Waals surface area (Å²) in [5.41, 5.74) is 1.97. The predicted octanol–water partition coefficient (Wildman–Crippen LogP) is 6.33. The molecule has 0 aliphatic heterocycles. The van der Waals surface area contributed by atoms with Crippen LogP contribution in [0.1, 0.15) is 94.0 Å². The molecule has 1 aromatic carbocycles. The van der Waals surface area contributed by atoms with E-state index in [0.29, 0.717) is 12.2 Å². The van der Waals surface area contributed by atoms with E-state index in [1.807, 2.05) is 19.1 Å². The minimum absolute atomic E-state index is 0.224. The van der Waals surface area contributed by atoms with Crippen LogP contribution in [0.4, 0.5) is 0 Å². The Morgan fingerprint density at radius 3 is 1.83 bits per heavy atom. The summed E-state index contributed by atoms with van der Waals surface area (Å²) < 4.78 is 5.00. The number of hydrogen-bond acceptors (Lipinski definition) is 2. The molecule has 0 aliphatic rings. The number of benzene rings is 1. The van der Waals surface area contributed by atoms with Gasteiger partial charge >= 0.3 is 5.97 Å². The topological polar surface area (TPSA) is 26.3 Å². The summed E-state index contributed by atoms with van der Waals surface area (Å²) in [6, 6.07) is 7.87. The Hall–Kier alpha value is -1.31. The number of hydrogen-bond donors (Lipinski definition) is 0. The molecule has 2 nitrogen and oxygen atoms in total. The van der Waals surface area contributed by atoms with E-state index in [2.05, 4.69) is 19.1 Å². The zero-order chi connectivity index (χ0) is 16.8. The molecule has 0 bridgehead atoms. The van der Waals surface area contributed by atoms with Gasteiger partial charge in [-0.2, -0.15) is 0 Å². The highest BCUT2D eigenvalue weighted by atomic mass is 16.5. The van der Waals surface area contributed by atoms with Crippen LogP contribution in [0.3, 0.4) is 0 Å². The van der Waals surface area contributed by atoms with E-state index in [0.717, 1.165) is 6.42 Å². The number of ether oxygens (including phenoxy) is 1. The monoisotopic (exact) mass is 318 g/mol. The normalized spacial score (nSPS) is 10.7. The third kappa shape index (κ3) is 9.43.